The van der Waals surface area contributed by atoms with Gasteiger partial charge in [0.15, 0.2) is 0 Å². The molecule has 0 aliphatic carbocycles. The summed E-state index contributed by atoms with van der Waals surface area (Å²) in [5.41, 5.74) is 9.41. The summed E-state index contributed by atoms with van der Waals surface area (Å²) in [6, 6.07) is 8.30. The fourth-order valence-electron chi connectivity index (χ4n) is 3.35. The van der Waals surface area contributed by atoms with E-state index in [1.807, 2.05) is 27.7 Å². The molecule has 0 atom stereocenters. The molecule has 27 heavy (non-hydrogen) atoms. The number of rotatable bonds is 3. The van der Waals surface area contributed by atoms with E-state index in [1.165, 1.54) is 11.1 Å². The average Bonchev–Trinajstić information content (AvgIpc) is 2.54. The second-order valence-electron chi connectivity index (χ2n) is 6.98. The van der Waals surface area contributed by atoms with Gasteiger partial charge in [-0.2, -0.15) is 0 Å². The normalized spacial score (nSPS) is 13.7. The lowest BCUT2D eigenvalue weighted by atomic mass is 10.1. The van der Waals surface area contributed by atoms with E-state index < -0.39 is 0 Å². The Morgan fingerprint density at radius 2 is 1.22 bits per heavy atom. The molecule has 0 bridgehead atoms. The number of hydrazone groups is 1. The van der Waals surface area contributed by atoms with Crippen molar-refractivity contribution >= 4 is 17.7 Å². The zero-order valence-electron chi connectivity index (χ0n) is 16.5. The monoisotopic (exact) mass is 385 g/mol. The van der Waals surface area contributed by atoms with Gasteiger partial charge in [-0.1, -0.05) is 35.4 Å². The Morgan fingerprint density at radius 1 is 0.778 bits per heavy atom. The van der Waals surface area contributed by atoms with Crippen LogP contribution in [0.2, 0.25) is 0 Å². The first-order valence-electron chi connectivity index (χ1n) is 8.77. The lowest BCUT2D eigenvalue weighted by Crippen LogP contribution is -2.34. The summed E-state index contributed by atoms with van der Waals surface area (Å²) in [5.74, 6) is 2.33. The fourth-order valence-corrected chi connectivity index (χ4v) is 3.51. The molecular weight excluding hydrogens is 362 g/mol. The van der Waals surface area contributed by atoms with Gasteiger partial charge in [-0.15, -0.1) is 9.74 Å². The summed E-state index contributed by atoms with van der Waals surface area (Å²) in [6.07, 6.45) is 1.69. The maximum atomic E-state index is 6.08. The van der Waals surface area contributed by atoms with Crippen LogP contribution in [0.4, 0.5) is 0 Å². The van der Waals surface area contributed by atoms with Gasteiger partial charge in [0.2, 0.25) is 11.8 Å². The second kappa shape index (κ2) is 7.53. The highest BCUT2D eigenvalue weighted by atomic mass is 35.5. The van der Waals surface area contributed by atoms with Crippen molar-refractivity contribution in [2.24, 2.45) is 5.10 Å². The molecule has 5 nitrogen and oxygen atoms in total. The molecule has 6 heteroatoms. The molecule has 0 saturated carbocycles. The van der Waals surface area contributed by atoms with E-state index in [0.29, 0.717) is 11.8 Å². The first kappa shape index (κ1) is 19.1. The van der Waals surface area contributed by atoms with E-state index in [2.05, 4.69) is 48.6 Å². The molecule has 0 unspecified atom stereocenters. The Bertz CT molecular complexity index is 904. The molecule has 0 saturated heterocycles. The predicted octanol–water partition coefficient (Wildman–Crippen LogP) is 5.12. The largest absolute Gasteiger partial charge is 0.439 e. The molecule has 2 aromatic carbocycles. The molecule has 1 aliphatic rings. The van der Waals surface area contributed by atoms with Crippen molar-refractivity contribution in [3.8, 4) is 11.5 Å². The molecule has 1 heterocycles. The van der Waals surface area contributed by atoms with Gasteiger partial charge in [0.05, 0.1) is 17.9 Å². The van der Waals surface area contributed by atoms with Crippen LogP contribution in [0.1, 0.15) is 33.4 Å². The van der Waals surface area contributed by atoms with Gasteiger partial charge < -0.3 is 9.47 Å². The Kier molecular flexibility index (Phi) is 5.33. The summed E-state index contributed by atoms with van der Waals surface area (Å²) in [5, 5.41) is 4.16. The van der Waals surface area contributed by atoms with Gasteiger partial charge in [-0.25, -0.2) is 5.43 Å². The van der Waals surface area contributed by atoms with Gasteiger partial charge in [0.1, 0.15) is 11.5 Å². The van der Waals surface area contributed by atoms with E-state index >= 15 is 0 Å². The third kappa shape index (κ3) is 4.37. The van der Waals surface area contributed by atoms with E-state index in [1.54, 1.807) is 6.08 Å². The van der Waals surface area contributed by atoms with E-state index in [-0.39, 0.29) is 0 Å². The molecule has 0 radical (unpaired) electrons. The third-order valence-corrected chi connectivity index (χ3v) is 4.43. The number of hydrazine groups is 1. The summed E-state index contributed by atoms with van der Waals surface area (Å²) < 4.78 is 13.1. The number of benzene rings is 2. The topological polar surface area (TPSA) is 46.1 Å². The second-order valence-corrected chi connectivity index (χ2v) is 7.30. The predicted molar refractivity (Wildman–Crippen MR) is 109 cm³/mol. The minimum atomic E-state index is 0.344. The lowest BCUT2D eigenvalue weighted by molar-refractivity contribution is 0.269. The van der Waals surface area contributed by atoms with Gasteiger partial charge >= 0.3 is 0 Å². The van der Waals surface area contributed by atoms with Crippen molar-refractivity contribution in [1.82, 2.24) is 10.1 Å². The maximum absolute atomic E-state index is 6.08. The number of ether oxygens (including phenoxy) is 2. The number of halogens is 1. The van der Waals surface area contributed by atoms with Crippen molar-refractivity contribution in [3.05, 3.63) is 69.6 Å². The summed E-state index contributed by atoms with van der Waals surface area (Å²) in [7, 11) is 0. The summed E-state index contributed by atoms with van der Waals surface area (Å²) in [4.78, 5) is 0. The standard InChI is InChI=1S/C21H24ClN3O2/c1-12-7-14(3)20(15(4)8-12)26-18-11-19(24-25(22)23-18)27-21-16(5)9-13(2)10-17(21)6/h7-11,23H,1-6H3. The fraction of sp³-hybridized carbons (Fsp3) is 0.286. The SMILES string of the molecule is Cc1cc(C)c(OC2=CC(Oc3c(C)cc(C)cc3C)=NN(Cl)N2)c(C)c1. The number of nitrogens with one attached hydrogen (secondary N) is 1. The highest BCUT2D eigenvalue weighted by Crippen LogP contribution is 2.28. The highest BCUT2D eigenvalue weighted by molar-refractivity contribution is 6.13. The van der Waals surface area contributed by atoms with Gasteiger partial charge in [-0.3, -0.25) is 0 Å². The van der Waals surface area contributed by atoms with Crippen LogP contribution in [0.5, 0.6) is 11.5 Å². The molecule has 1 N–H and O–H groups in total. The average molecular weight is 386 g/mol. The third-order valence-electron chi connectivity index (χ3n) is 4.27. The molecule has 3 rings (SSSR count). The van der Waals surface area contributed by atoms with Gasteiger partial charge in [-0.05, 0) is 63.8 Å². The number of nitrogens with zero attached hydrogens (tertiary/aromatic N) is 2. The number of aryl methyl sites for hydroxylation is 6. The Morgan fingerprint density at radius 3 is 1.70 bits per heavy atom. The minimum absolute atomic E-state index is 0.344. The Balaban J connectivity index is 1.87. The minimum Gasteiger partial charge on any atom is -0.439 e. The van der Waals surface area contributed by atoms with Crippen molar-refractivity contribution in [2.75, 3.05) is 0 Å². The van der Waals surface area contributed by atoms with Crippen LogP contribution in [0, 0.1) is 41.5 Å². The van der Waals surface area contributed by atoms with Gasteiger partial charge in [0.25, 0.3) is 0 Å². The Hall–Kier alpha value is -2.66. The van der Waals surface area contributed by atoms with Crippen LogP contribution in [0.15, 0.2) is 41.3 Å². The van der Waals surface area contributed by atoms with Crippen molar-refractivity contribution < 1.29 is 9.47 Å². The van der Waals surface area contributed by atoms with Crippen molar-refractivity contribution in [1.29, 1.82) is 0 Å². The molecule has 2 aromatic rings. The van der Waals surface area contributed by atoms with E-state index in [9.17, 15) is 0 Å². The molecule has 1 aliphatic heterocycles. The molecule has 0 amide bonds. The quantitative estimate of drug-likeness (QED) is 0.744. The smallest absolute Gasteiger partial charge is 0.245 e. The summed E-state index contributed by atoms with van der Waals surface area (Å²) >= 11 is 6.08. The number of hydrogen-bond donors (Lipinski definition) is 1. The number of hydrogen-bond acceptors (Lipinski definition) is 5. The molecule has 0 fully saturated rings. The van der Waals surface area contributed by atoms with Crippen molar-refractivity contribution in [2.45, 2.75) is 41.5 Å². The lowest BCUT2D eigenvalue weighted by Gasteiger charge is -2.23. The van der Waals surface area contributed by atoms with Crippen molar-refractivity contribution in [3.63, 3.8) is 0 Å². The zero-order chi connectivity index (χ0) is 19.7. The molecule has 142 valence electrons. The summed E-state index contributed by atoms with van der Waals surface area (Å²) in [6.45, 7) is 12.2. The Labute approximate surface area is 165 Å². The van der Waals surface area contributed by atoms with Crippen LogP contribution in [0.3, 0.4) is 0 Å². The van der Waals surface area contributed by atoms with E-state index in [0.717, 1.165) is 38.4 Å². The van der Waals surface area contributed by atoms with Crippen LogP contribution in [-0.4, -0.2) is 10.5 Å². The molecule has 0 aromatic heterocycles. The van der Waals surface area contributed by atoms with Crippen LogP contribution in [-0.2, 0) is 0 Å². The van der Waals surface area contributed by atoms with Gasteiger partial charge in [0, 0.05) is 0 Å². The first-order chi connectivity index (χ1) is 12.7. The first-order valence-corrected chi connectivity index (χ1v) is 9.11. The maximum Gasteiger partial charge on any atom is 0.245 e. The van der Waals surface area contributed by atoms with Crippen LogP contribution < -0.4 is 14.9 Å². The van der Waals surface area contributed by atoms with E-state index in [4.69, 9.17) is 21.3 Å². The zero-order valence-corrected chi connectivity index (χ0v) is 17.2. The van der Waals surface area contributed by atoms with Crippen LogP contribution in [0.25, 0.3) is 0 Å². The van der Waals surface area contributed by atoms with Crippen LogP contribution >= 0.6 is 11.8 Å². The highest BCUT2D eigenvalue weighted by Gasteiger charge is 2.18. The molecular formula is C21H24ClN3O2. The molecule has 0 spiro atoms.